The van der Waals surface area contributed by atoms with E-state index in [4.69, 9.17) is 10.2 Å². The Labute approximate surface area is 126 Å². The average molecular weight is 297 g/mol. The standard InChI is InChI=1S/C16H15N3O3/c1-10-11(17)5-4-6-12(10)18-15(20)9-19-13-7-2-3-8-14(13)22-16(19)21/h2-8H,9,17H2,1H3,(H,18,20). The third-order valence-electron chi connectivity index (χ3n) is 3.53. The molecule has 6 heteroatoms. The van der Waals surface area contributed by atoms with Crippen LogP contribution in [0.2, 0.25) is 0 Å². The average Bonchev–Trinajstić information content (AvgIpc) is 2.80. The Balaban J connectivity index is 1.86. The van der Waals surface area contributed by atoms with Gasteiger partial charge >= 0.3 is 5.76 Å². The van der Waals surface area contributed by atoms with Crippen molar-refractivity contribution in [3.05, 3.63) is 58.6 Å². The number of rotatable bonds is 3. The lowest BCUT2D eigenvalue weighted by Crippen LogP contribution is -2.25. The molecule has 0 aliphatic carbocycles. The third kappa shape index (κ3) is 2.46. The van der Waals surface area contributed by atoms with E-state index in [1.165, 1.54) is 4.57 Å². The van der Waals surface area contributed by atoms with Crippen molar-refractivity contribution in [2.75, 3.05) is 11.1 Å². The summed E-state index contributed by atoms with van der Waals surface area (Å²) >= 11 is 0. The predicted octanol–water partition coefficient (Wildman–Crippen LogP) is 2.12. The van der Waals surface area contributed by atoms with Gasteiger partial charge in [-0.2, -0.15) is 0 Å². The fourth-order valence-electron chi connectivity index (χ4n) is 2.29. The number of anilines is 2. The first-order valence-electron chi connectivity index (χ1n) is 6.79. The van der Waals surface area contributed by atoms with E-state index in [2.05, 4.69) is 5.32 Å². The van der Waals surface area contributed by atoms with Gasteiger partial charge in [-0.3, -0.25) is 9.36 Å². The highest BCUT2D eigenvalue weighted by Gasteiger charge is 2.13. The van der Waals surface area contributed by atoms with Crippen LogP contribution in [-0.4, -0.2) is 10.5 Å². The molecular formula is C16H15N3O3. The molecule has 0 saturated heterocycles. The second-order valence-corrected chi connectivity index (χ2v) is 4.99. The number of amides is 1. The van der Waals surface area contributed by atoms with E-state index in [1.807, 2.05) is 6.92 Å². The fraction of sp³-hybridized carbons (Fsp3) is 0.125. The Morgan fingerprint density at radius 3 is 2.82 bits per heavy atom. The maximum absolute atomic E-state index is 12.2. The molecule has 0 unspecified atom stereocenters. The van der Waals surface area contributed by atoms with Crippen molar-refractivity contribution in [3.63, 3.8) is 0 Å². The topological polar surface area (TPSA) is 90.3 Å². The second-order valence-electron chi connectivity index (χ2n) is 4.99. The summed E-state index contributed by atoms with van der Waals surface area (Å²) in [7, 11) is 0. The quantitative estimate of drug-likeness (QED) is 0.725. The number of nitrogens with two attached hydrogens (primary N) is 1. The molecule has 1 heterocycles. The molecule has 0 atom stereocenters. The van der Waals surface area contributed by atoms with Gasteiger partial charge in [-0.25, -0.2) is 4.79 Å². The highest BCUT2D eigenvalue weighted by molar-refractivity contribution is 5.92. The van der Waals surface area contributed by atoms with Crippen LogP contribution in [-0.2, 0) is 11.3 Å². The van der Waals surface area contributed by atoms with Crippen LogP contribution in [0.25, 0.3) is 11.1 Å². The second kappa shape index (κ2) is 5.40. The molecule has 1 aromatic heterocycles. The summed E-state index contributed by atoms with van der Waals surface area (Å²) in [6.07, 6.45) is 0. The highest BCUT2D eigenvalue weighted by atomic mass is 16.4. The Bertz CT molecular complexity index is 908. The zero-order valence-corrected chi connectivity index (χ0v) is 12.0. The van der Waals surface area contributed by atoms with Crippen LogP contribution in [0.5, 0.6) is 0 Å². The zero-order chi connectivity index (χ0) is 15.7. The number of benzene rings is 2. The summed E-state index contributed by atoms with van der Waals surface area (Å²) in [5.41, 5.74) is 8.88. The van der Waals surface area contributed by atoms with Gasteiger partial charge in [0.05, 0.1) is 5.52 Å². The molecule has 0 fully saturated rings. The minimum atomic E-state index is -0.555. The van der Waals surface area contributed by atoms with Crippen molar-refractivity contribution in [1.82, 2.24) is 4.57 Å². The lowest BCUT2D eigenvalue weighted by Gasteiger charge is -2.10. The van der Waals surface area contributed by atoms with Gasteiger partial charge in [0, 0.05) is 11.4 Å². The van der Waals surface area contributed by atoms with Gasteiger partial charge < -0.3 is 15.5 Å². The van der Waals surface area contributed by atoms with E-state index in [-0.39, 0.29) is 12.5 Å². The van der Waals surface area contributed by atoms with E-state index in [9.17, 15) is 9.59 Å². The van der Waals surface area contributed by atoms with E-state index in [0.29, 0.717) is 22.5 Å². The normalized spacial score (nSPS) is 10.8. The Morgan fingerprint density at radius 1 is 1.23 bits per heavy atom. The Morgan fingerprint density at radius 2 is 2.00 bits per heavy atom. The van der Waals surface area contributed by atoms with Gasteiger partial charge in [0.2, 0.25) is 5.91 Å². The van der Waals surface area contributed by atoms with Crippen LogP contribution in [0.15, 0.2) is 51.7 Å². The van der Waals surface area contributed by atoms with Gasteiger partial charge in [-0.1, -0.05) is 18.2 Å². The number of hydrogen-bond donors (Lipinski definition) is 2. The summed E-state index contributed by atoms with van der Waals surface area (Å²) in [5, 5.41) is 2.76. The molecule has 1 amide bonds. The van der Waals surface area contributed by atoms with Crippen LogP contribution in [0, 0.1) is 6.92 Å². The van der Waals surface area contributed by atoms with Gasteiger partial charge in [0.15, 0.2) is 5.58 Å². The van der Waals surface area contributed by atoms with E-state index in [0.717, 1.165) is 5.56 Å². The summed E-state index contributed by atoms with van der Waals surface area (Å²) in [5.74, 6) is -0.872. The maximum Gasteiger partial charge on any atom is 0.420 e. The largest absolute Gasteiger partial charge is 0.420 e. The van der Waals surface area contributed by atoms with Crippen LogP contribution in [0.4, 0.5) is 11.4 Å². The molecule has 3 aromatic rings. The predicted molar refractivity (Wildman–Crippen MR) is 84.7 cm³/mol. The molecule has 0 aliphatic heterocycles. The van der Waals surface area contributed by atoms with Crippen LogP contribution >= 0.6 is 0 Å². The Kier molecular flexibility index (Phi) is 3.42. The SMILES string of the molecule is Cc1c(N)cccc1NC(=O)Cn1c(=O)oc2ccccc21. The molecule has 0 aliphatic rings. The first kappa shape index (κ1) is 13.9. The van der Waals surface area contributed by atoms with Gasteiger partial charge in [-0.15, -0.1) is 0 Å². The summed E-state index contributed by atoms with van der Waals surface area (Å²) in [6, 6.07) is 12.3. The van der Waals surface area contributed by atoms with E-state index in [1.54, 1.807) is 42.5 Å². The first-order chi connectivity index (χ1) is 10.6. The van der Waals surface area contributed by atoms with Gasteiger partial charge in [-0.05, 0) is 36.8 Å². The first-order valence-corrected chi connectivity index (χ1v) is 6.79. The molecule has 3 rings (SSSR count). The van der Waals surface area contributed by atoms with Crippen LogP contribution < -0.4 is 16.8 Å². The van der Waals surface area contributed by atoms with Gasteiger partial charge in [0.1, 0.15) is 6.54 Å². The molecule has 2 aromatic carbocycles. The fourth-order valence-corrected chi connectivity index (χ4v) is 2.29. The molecule has 22 heavy (non-hydrogen) atoms. The monoisotopic (exact) mass is 297 g/mol. The summed E-state index contributed by atoms with van der Waals surface area (Å²) < 4.78 is 6.40. The van der Waals surface area contributed by atoms with Crippen molar-refractivity contribution < 1.29 is 9.21 Å². The Hall–Kier alpha value is -3.02. The molecule has 0 saturated carbocycles. The number of para-hydroxylation sites is 2. The minimum absolute atomic E-state index is 0.121. The lowest BCUT2D eigenvalue weighted by atomic mass is 10.1. The lowest BCUT2D eigenvalue weighted by molar-refractivity contribution is -0.116. The zero-order valence-electron chi connectivity index (χ0n) is 12.0. The minimum Gasteiger partial charge on any atom is -0.408 e. The van der Waals surface area contributed by atoms with E-state index >= 15 is 0 Å². The van der Waals surface area contributed by atoms with Crippen LogP contribution in [0.1, 0.15) is 5.56 Å². The molecular weight excluding hydrogens is 282 g/mol. The summed E-state index contributed by atoms with van der Waals surface area (Å²) in [4.78, 5) is 24.0. The number of nitrogens with zero attached hydrogens (tertiary/aromatic N) is 1. The van der Waals surface area contributed by atoms with Gasteiger partial charge in [0.25, 0.3) is 0 Å². The molecule has 3 N–H and O–H groups in total. The van der Waals surface area contributed by atoms with Crippen molar-refractivity contribution in [1.29, 1.82) is 0 Å². The third-order valence-corrected chi connectivity index (χ3v) is 3.53. The molecule has 0 radical (unpaired) electrons. The number of nitrogens with one attached hydrogen (secondary N) is 1. The maximum atomic E-state index is 12.2. The molecule has 0 spiro atoms. The number of carbonyl (C=O) groups is 1. The van der Waals surface area contributed by atoms with E-state index < -0.39 is 5.76 Å². The number of hydrogen-bond acceptors (Lipinski definition) is 4. The number of oxazole rings is 1. The number of nitrogen functional groups attached to an aromatic ring is 1. The van der Waals surface area contributed by atoms with Crippen LogP contribution in [0.3, 0.4) is 0 Å². The number of carbonyl (C=O) groups excluding carboxylic acids is 1. The molecule has 6 nitrogen and oxygen atoms in total. The smallest absolute Gasteiger partial charge is 0.408 e. The molecule has 0 bridgehead atoms. The number of fused-ring (bicyclic) bond motifs is 1. The highest BCUT2D eigenvalue weighted by Crippen LogP contribution is 2.20. The summed E-state index contributed by atoms with van der Waals surface area (Å²) in [6.45, 7) is 1.70. The number of aromatic nitrogens is 1. The van der Waals surface area contributed by atoms with Crippen molar-refractivity contribution >= 4 is 28.4 Å². The molecule has 112 valence electrons. The van der Waals surface area contributed by atoms with Crippen molar-refractivity contribution in [3.8, 4) is 0 Å². The van der Waals surface area contributed by atoms with Crippen molar-refractivity contribution in [2.24, 2.45) is 0 Å². The van der Waals surface area contributed by atoms with Crippen molar-refractivity contribution in [2.45, 2.75) is 13.5 Å².